The highest BCUT2D eigenvalue weighted by molar-refractivity contribution is 5.86. The van der Waals surface area contributed by atoms with E-state index < -0.39 is 11.5 Å². The van der Waals surface area contributed by atoms with Crippen LogP contribution in [0.5, 0.6) is 0 Å². The minimum absolute atomic E-state index is 0.291. The Labute approximate surface area is 114 Å². The lowest BCUT2D eigenvalue weighted by Crippen LogP contribution is -2.60. The van der Waals surface area contributed by atoms with Crippen LogP contribution in [0, 0.1) is 0 Å². The molecule has 1 saturated heterocycles. The van der Waals surface area contributed by atoms with Crippen molar-refractivity contribution in [1.82, 2.24) is 10.2 Å². The molecule has 1 aliphatic heterocycles. The predicted molar refractivity (Wildman–Crippen MR) is 71.1 cm³/mol. The normalized spacial score (nSPS) is 23.2. The standard InChI is InChI=1S/C13H24N2O4/c1-3-19-10-6-8-14-12(18)15-9-5-4-7-13(15,2)11(16)17/h3-10H2,1-2H3,(H,14,18)(H,16,17). The molecule has 2 amide bonds. The fraction of sp³-hybridized carbons (Fsp3) is 0.846. The molecule has 0 spiro atoms. The van der Waals surface area contributed by atoms with Crippen molar-refractivity contribution >= 4 is 12.0 Å². The van der Waals surface area contributed by atoms with Crippen molar-refractivity contribution in [3.05, 3.63) is 0 Å². The molecule has 2 N–H and O–H groups in total. The summed E-state index contributed by atoms with van der Waals surface area (Å²) in [4.78, 5) is 24.9. The quantitative estimate of drug-likeness (QED) is 0.717. The lowest BCUT2D eigenvalue weighted by molar-refractivity contribution is -0.150. The maximum Gasteiger partial charge on any atom is 0.329 e. The van der Waals surface area contributed by atoms with E-state index in [1.807, 2.05) is 6.92 Å². The number of likely N-dealkylation sites (tertiary alicyclic amines) is 1. The third-order valence-corrected chi connectivity index (χ3v) is 3.54. The molecule has 1 aliphatic rings. The first-order valence-corrected chi connectivity index (χ1v) is 6.89. The van der Waals surface area contributed by atoms with Gasteiger partial charge in [0.1, 0.15) is 5.54 Å². The van der Waals surface area contributed by atoms with E-state index in [9.17, 15) is 14.7 Å². The summed E-state index contributed by atoms with van der Waals surface area (Å²) >= 11 is 0. The number of amides is 2. The van der Waals surface area contributed by atoms with E-state index in [1.165, 1.54) is 4.90 Å². The van der Waals surface area contributed by atoms with Crippen LogP contribution < -0.4 is 5.32 Å². The summed E-state index contributed by atoms with van der Waals surface area (Å²) in [7, 11) is 0. The summed E-state index contributed by atoms with van der Waals surface area (Å²) in [6.07, 6.45) is 2.94. The SMILES string of the molecule is CCOCCCNC(=O)N1CCCCC1(C)C(=O)O. The van der Waals surface area contributed by atoms with E-state index in [0.717, 1.165) is 19.3 Å². The van der Waals surface area contributed by atoms with Crippen LogP contribution in [0.4, 0.5) is 4.79 Å². The first-order valence-electron chi connectivity index (χ1n) is 6.89. The average molecular weight is 272 g/mol. The number of carbonyl (C=O) groups is 2. The van der Waals surface area contributed by atoms with Gasteiger partial charge in [0, 0.05) is 26.3 Å². The highest BCUT2D eigenvalue weighted by atomic mass is 16.5. The van der Waals surface area contributed by atoms with Crippen molar-refractivity contribution in [2.24, 2.45) is 0 Å². The van der Waals surface area contributed by atoms with Crippen LogP contribution in [0.3, 0.4) is 0 Å². The molecule has 1 heterocycles. The van der Waals surface area contributed by atoms with Crippen LogP contribution in [0.2, 0.25) is 0 Å². The first-order chi connectivity index (χ1) is 9.02. The molecule has 110 valence electrons. The van der Waals surface area contributed by atoms with E-state index in [1.54, 1.807) is 6.92 Å². The van der Waals surface area contributed by atoms with E-state index in [2.05, 4.69) is 5.32 Å². The van der Waals surface area contributed by atoms with E-state index in [4.69, 9.17) is 4.74 Å². The Balaban J connectivity index is 2.47. The van der Waals surface area contributed by atoms with Crippen molar-refractivity contribution in [1.29, 1.82) is 0 Å². The minimum Gasteiger partial charge on any atom is -0.480 e. The highest BCUT2D eigenvalue weighted by Gasteiger charge is 2.43. The molecule has 6 heteroatoms. The number of nitrogens with one attached hydrogen (secondary N) is 1. The number of carboxylic acid groups (broad SMARTS) is 1. The van der Waals surface area contributed by atoms with Crippen molar-refractivity contribution in [2.45, 2.75) is 45.1 Å². The molecule has 0 aromatic rings. The zero-order chi connectivity index (χ0) is 14.3. The van der Waals surface area contributed by atoms with Crippen molar-refractivity contribution in [2.75, 3.05) is 26.3 Å². The number of carboxylic acids is 1. The van der Waals surface area contributed by atoms with Gasteiger partial charge in [0.05, 0.1) is 0 Å². The number of nitrogens with zero attached hydrogens (tertiary/aromatic N) is 1. The molecule has 1 atom stereocenters. The van der Waals surface area contributed by atoms with Gasteiger partial charge in [-0.15, -0.1) is 0 Å². The van der Waals surface area contributed by atoms with Gasteiger partial charge < -0.3 is 20.1 Å². The maximum absolute atomic E-state index is 12.1. The van der Waals surface area contributed by atoms with Gasteiger partial charge in [-0.1, -0.05) is 0 Å². The summed E-state index contributed by atoms with van der Waals surface area (Å²) in [5.74, 6) is -0.934. The van der Waals surface area contributed by atoms with Crippen LogP contribution in [0.25, 0.3) is 0 Å². The molecule has 0 saturated carbocycles. The van der Waals surface area contributed by atoms with E-state index >= 15 is 0 Å². The number of carbonyl (C=O) groups excluding carboxylic acids is 1. The van der Waals surface area contributed by atoms with Crippen LogP contribution in [0.15, 0.2) is 0 Å². The molecule has 1 unspecified atom stereocenters. The summed E-state index contributed by atoms with van der Waals surface area (Å²) in [6.45, 7) is 5.81. The molecule has 0 bridgehead atoms. The zero-order valence-corrected chi connectivity index (χ0v) is 11.8. The molecule has 1 fully saturated rings. The van der Waals surface area contributed by atoms with E-state index in [-0.39, 0.29) is 6.03 Å². The molecule has 6 nitrogen and oxygen atoms in total. The summed E-state index contributed by atoms with van der Waals surface area (Å²) in [6, 6.07) is -0.291. The minimum atomic E-state index is -1.08. The molecule has 0 radical (unpaired) electrons. The van der Waals surface area contributed by atoms with Gasteiger partial charge in [0.2, 0.25) is 0 Å². The van der Waals surface area contributed by atoms with Gasteiger partial charge >= 0.3 is 12.0 Å². The highest BCUT2D eigenvalue weighted by Crippen LogP contribution is 2.28. The Hall–Kier alpha value is -1.30. The van der Waals surface area contributed by atoms with Crippen LogP contribution in [0.1, 0.15) is 39.5 Å². The molecular formula is C13H24N2O4. The van der Waals surface area contributed by atoms with Crippen LogP contribution in [-0.4, -0.2) is 53.8 Å². The Bertz CT molecular complexity index is 322. The maximum atomic E-state index is 12.1. The van der Waals surface area contributed by atoms with Crippen molar-refractivity contribution in [3.63, 3.8) is 0 Å². The van der Waals surface area contributed by atoms with Gasteiger partial charge in [-0.2, -0.15) is 0 Å². The number of ether oxygens (including phenoxy) is 1. The first kappa shape index (κ1) is 15.8. The third-order valence-electron chi connectivity index (χ3n) is 3.54. The van der Waals surface area contributed by atoms with Gasteiger partial charge in [-0.3, -0.25) is 0 Å². The summed E-state index contributed by atoms with van der Waals surface area (Å²) < 4.78 is 5.18. The summed E-state index contributed by atoms with van der Waals surface area (Å²) in [5.41, 5.74) is -1.08. The number of hydrogen-bond donors (Lipinski definition) is 2. The Morgan fingerprint density at radius 2 is 2.16 bits per heavy atom. The Morgan fingerprint density at radius 1 is 1.42 bits per heavy atom. The summed E-state index contributed by atoms with van der Waals surface area (Å²) in [5, 5.41) is 12.1. The second kappa shape index (κ2) is 7.33. The molecular weight excluding hydrogens is 248 g/mol. The third kappa shape index (κ3) is 4.09. The number of piperidine rings is 1. The fourth-order valence-electron chi connectivity index (χ4n) is 2.28. The molecule has 1 rings (SSSR count). The Kier molecular flexibility index (Phi) is 6.08. The number of rotatable bonds is 6. The molecule has 0 aromatic heterocycles. The predicted octanol–water partition coefficient (Wildman–Crippen LogP) is 1.45. The van der Waals surface area contributed by atoms with E-state index in [0.29, 0.717) is 32.7 Å². The largest absolute Gasteiger partial charge is 0.480 e. The Morgan fingerprint density at radius 3 is 2.79 bits per heavy atom. The smallest absolute Gasteiger partial charge is 0.329 e. The number of aliphatic carboxylic acids is 1. The number of hydrogen-bond acceptors (Lipinski definition) is 3. The lowest BCUT2D eigenvalue weighted by atomic mass is 9.89. The van der Waals surface area contributed by atoms with Gasteiger partial charge in [0.25, 0.3) is 0 Å². The van der Waals surface area contributed by atoms with Gasteiger partial charge in [-0.05, 0) is 39.5 Å². The van der Waals surface area contributed by atoms with Gasteiger partial charge in [0.15, 0.2) is 0 Å². The monoisotopic (exact) mass is 272 g/mol. The molecule has 19 heavy (non-hydrogen) atoms. The molecule has 0 aromatic carbocycles. The van der Waals surface area contributed by atoms with Crippen LogP contribution >= 0.6 is 0 Å². The lowest BCUT2D eigenvalue weighted by Gasteiger charge is -2.41. The second-order valence-electron chi connectivity index (χ2n) is 4.97. The fourth-order valence-corrected chi connectivity index (χ4v) is 2.28. The molecule has 0 aliphatic carbocycles. The average Bonchev–Trinajstić information content (AvgIpc) is 2.38. The second-order valence-corrected chi connectivity index (χ2v) is 4.97. The van der Waals surface area contributed by atoms with Crippen molar-refractivity contribution in [3.8, 4) is 0 Å². The zero-order valence-electron chi connectivity index (χ0n) is 11.8. The van der Waals surface area contributed by atoms with Crippen LogP contribution in [-0.2, 0) is 9.53 Å². The topological polar surface area (TPSA) is 78.9 Å². The number of urea groups is 1. The van der Waals surface area contributed by atoms with Gasteiger partial charge in [-0.25, -0.2) is 9.59 Å². The van der Waals surface area contributed by atoms with Crippen molar-refractivity contribution < 1.29 is 19.4 Å².